The van der Waals surface area contributed by atoms with E-state index in [2.05, 4.69) is 44.8 Å². The molecule has 0 saturated carbocycles. The lowest BCUT2D eigenvalue weighted by Crippen LogP contribution is -2.51. The van der Waals surface area contributed by atoms with Gasteiger partial charge in [-0.25, -0.2) is 0 Å². The Labute approximate surface area is 89.1 Å². The monoisotopic (exact) mass is 198 g/mol. The zero-order valence-electron chi connectivity index (χ0n) is 10.4. The molecule has 1 N–H and O–H groups in total. The van der Waals surface area contributed by atoms with E-state index in [1.165, 1.54) is 19.4 Å². The highest BCUT2D eigenvalue weighted by atomic mass is 15.2. The molecule has 0 bridgehead atoms. The van der Waals surface area contributed by atoms with E-state index in [-0.39, 0.29) is 0 Å². The van der Waals surface area contributed by atoms with Crippen molar-refractivity contribution < 1.29 is 0 Å². The first-order chi connectivity index (χ1) is 6.50. The van der Waals surface area contributed by atoms with Gasteiger partial charge < -0.3 is 5.32 Å². The zero-order valence-corrected chi connectivity index (χ0v) is 10.4. The van der Waals surface area contributed by atoms with E-state index in [9.17, 15) is 0 Å². The highest BCUT2D eigenvalue weighted by molar-refractivity contribution is 4.85. The summed E-state index contributed by atoms with van der Waals surface area (Å²) in [6.45, 7) is 12.7. The van der Waals surface area contributed by atoms with Crippen molar-refractivity contribution in [2.24, 2.45) is 0 Å². The molecule has 14 heavy (non-hydrogen) atoms. The van der Waals surface area contributed by atoms with Gasteiger partial charge in [-0.3, -0.25) is 4.90 Å². The molecule has 2 atom stereocenters. The Morgan fingerprint density at radius 3 is 2.29 bits per heavy atom. The molecule has 1 unspecified atom stereocenters. The SMILES string of the molecule is CC(C)NC1CCN(C(C)C)[C@@H](C)C1. The summed E-state index contributed by atoms with van der Waals surface area (Å²) in [5, 5.41) is 3.64. The van der Waals surface area contributed by atoms with Gasteiger partial charge in [0.25, 0.3) is 0 Å². The number of hydrogen-bond acceptors (Lipinski definition) is 2. The molecule has 1 aliphatic heterocycles. The molecule has 1 saturated heterocycles. The van der Waals surface area contributed by atoms with Crippen LogP contribution in [0, 0.1) is 0 Å². The molecule has 0 aliphatic carbocycles. The number of nitrogens with one attached hydrogen (secondary N) is 1. The van der Waals surface area contributed by atoms with Crippen LogP contribution in [0.4, 0.5) is 0 Å². The van der Waals surface area contributed by atoms with E-state index in [0.717, 1.165) is 12.1 Å². The fraction of sp³-hybridized carbons (Fsp3) is 1.00. The molecule has 0 amide bonds. The second kappa shape index (κ2) is 5.13. The summed E-state index contributed by atoms with van der Waals surface area (Å²) < 4.78 is 0. The summed E-state index contributed by atoms with van der Waals surface area (Å²) >= 11 is 0. The maximum absolute atomic E-state index is 3.64. The summed E-state index contributed by atoms with van der Waals surface area (Å²) in [6, 6.07) is 2.79. The Morgan fingerprint density at radius 2 is 1.86 bits per heavy atom. The van der Waals surface area contributed by atoms with Crippen LogP contribution in [0.3, 0.4) is 0 Å². The molecular formula is C12H26N2. The van der Waals surface area contributed by atoms with Gasteiger partial charge >= 0.3 is 0 Å². The maximum atomic E-state index is 3.64. The standard InChI is InChI=1S/C12H26N2/c1-9(2)13-12-6-7-14(10(3)4)11(5)8-12/h9-13H,6-8H2,1-5H3/t11-,12?/m0/s1. The van der Waals surface area contributed by atoms with E-state index >= 15 is 0 Å². The molecule has 2 nitrogen and oxygen atoms in total. The smallest absolute Gasteiger partial charge is 0.00963 e. The minimum Gasteiger partial charge on any atom is -0.312 e. The minimum atomic E-state index is 0.623. The first-order valence-electron chi connectivity index (χ1n) is 6.02. The second-order valence-electron chi connectivity index (χ2n) is 5.22. The highest BCUT2D eigenvalue weighted by Gasteiger charge is 2.26. The van der Waals surface area contributed by atoms with Crippen molar-refractivity contribution in [3.05, 3.63) is 0 Å². The zero-order chi connectivity index (χ0) is 10.7. The molecule has 1 fully saturated rings. The van der Waals surface area contributed by atoms with Crippen LogP contribution in [0.15, 0.2) is 0 Å². The van der Waals surface area contributed by atoms with Gasteiger partial charge in [-0.2, -0.15) is 0 Å². The molecule has 0 spiro atoms. The summed E-state index contributed by atoms with van der Waals surface area (Å²) in [6.07, 6.45) is 2.61. The number of nitrogens with zero attached hydrogens (tertiary/aromatic N) is 1. The van der Waals surface area contributed by atoms with Crippen molar-refractivity contribution in [2.45, 2.75) is 71.6 Å². The van der Waals surface area contributed by atoms with E-state index in [0.29, 0.717) is 12.1 Å². The molecular weight excluding hydrogens is 172 g/mol. The fourth-order valence-electron chi connectivity index (χ4n) is 2.58. The quantitative estimate of drug-likeness (QED) is 0.748. The van der Waals surface area contributed by atoms with Crippen molar-refractivity contribution in [2.75, 3.05) is 6.54 Å². The lowest BCUT2D eigenvalue weighted by Gasteiger charge is -2.41. The molecule has 0 radical (unpaired) electrons. The molecule has 1 heterocycles. The van der Waals surface area contributed by atoms with E-state index in [4.69, 9.17) is 0 Å². The molecule has 0 aromatic carbocycles. The lowest BCUT2D eigenvalue weighted by atomic mass is 9.96. The minimum absolute atomic E-state index is 0.623. The van der Waals surface area contributed by atoms with E-state index in [1.807, 2.05) is 0 Å². The molecule has 0 aromatic heterocycles. The topological polar surface area (TPSA) is 15.3 Å². The third-order valence-electron chi connectivity index (χ3n) is 3.16. The van der Waals surface area contributed by atoms with Crippen LogP contribution in [0.2, 0.25) is 0 Å². The molecule has 1 rings (SSSR count). The third kappa shape index (κ3) is 3.25. The fourth-order valence-corrected chi connectivity index (χ4v) is 2.58. The van der Waals surface area contributed by atoms with Gasteiger partial charge in [0.2, 0.25) is 0 Å². The Balaban J connectivity index is 2.39. The molecule has 84 valence electrons. The number of likely N-dealkylation sites (tertiary alicyclic amines) is 1. The maximum Gasteiger partial charge on any atom is 0.00963 e. The van der Waals surface area contributed by atoms with Gasteiger partial charge in [0.1, 0.15) is 0 Å². The number of rotatable bonds is 3. The van der Waals surface area contributed by atoms with Crippen molar-refractivity contribution >= 4 is 0 Å². The molecule has 0 aromatic rings. The van der Waals surface area contributed by atoms with Crippen molar-refractivity contribution in [1.82, 2.24) is 10.2 Å². The van der Waals surface area contributed by atoms with Crippen molar-refractivity contribution in [1.29, 1.82) is 0 Å². The van der Waals surface area contributed by atoms with Gasteiger partial charge in [-0.15, -0.1) is 0 Å². The Morgan fingerprint density at radius 1 is 1.21 bits per heavy atom. The Hall–Kier alpha value is -0.0800. The number of hydrogen-bond donors (Lipinski definition) is 1. The second-order valence-corrected chi connectivity index (χ2v) is 5.22. The lowest BCUT2D eigenvalue weighted by molar-refractivity contribution is 0.101. The van der Waals surface area contributed by atoms with Crippen LogP contribution in [0.1, 0.15) is 47.5 Å². The van der Waals surface area contributed by atoms with Crippen LogP contribution < -0.4 is 5.32 Å². The predicted octanol–water partition coefficient (Wildman–Crippen LogP) is 2.25. The van der Waals surface area contributed by atoms with E-state index < -0.39 is 0 Å². The summed E-state index contributed by atoms with van der Waals surface area (Å²) in [5.41, 5.74) is 0. The van der Waals surface area contributed by atoms with Crippen LogP contribution in [-0.4, -0.2) is 35.6 Å². The van der Waals surface area contributed by atoms with Gasteiger partial charge in [0.15, 0.2) is 0 Å². The predicted molar refractivity (Wildman–Crippen MR) is 62.6 cm³/mol. The van der Waals surface area contributed by atoms with Gasteiger partial charge in [-0.1, -0.05) is 13.8 Å². The normalized spacial score (nSPS) is 30.2. The highest BCUT2D eigenvalue weighted by Crippen LogP contribution is 2.19. The van der Waals surface area contributed by atoms with Crippen molar-refractivity contribution in [3.8, 4) is 0 Å². The molecule has 1 aliphatic rings. The van der Waals surface area contributed by atoms with Gasteiger partial charge in [-0.05, 0) is 33.6 Å². The van der Waals surface area contributed by atoms with Crippen LogP contribution >= 0.6 is 0 Å². The van der Waals surface area contributed by atoms with Gasteiger partial charge in [0.05, 0.1) is 0 Å². The summed E-state index contributed by atoms with van der Waals surface area (Å²) in [4.78, 5) is 2.61. The third-order valence-corrected chi connectivity index (χ3v) is 3.16. The van der Waals surface area contributed by atoms with Crippen LogP contribution in [-0.2, 0) is 0 Å². The number of piperidine rings is 1. The average Bonchev–Trinajstić information content (AvgIpc) is 2.01. The van der Waals surface area contributed by atoms with Crippen molar-refractivity contribution in [3.63, 3.8) is 0 Å². The largest absolute Gasteiger partial charge is 0.312 e. The first-order valence-corrected chi connectivity index (χ1v) is 6.02. The average molecular weight is 198 g/mol. The summed E-state index contributed by atoms with van der Waals surface area (Å²) in [5.74, 6) is 0. The first kappa shape index (κ1) is 12.0. The van der Waals surface area contributed by atoms with Gasteiger partial charge in [0, 0.05) is 30.7 Å². The Kier molecular flexibility index (Phi) is 4.39. The Bertz CT molecular complexity index is 166. The van der Waals surface area contributed by atoms with E-state index in [1.54, 1.807) is 0 Å². The molecule has 2 heteroatoms. The van der Waals surface area contributed by atoms with Crippen LogP contribution in [0.25, 0.3) is 0 Å². The summed E-state index contributed by atoms with van der Waals surface area (Å²) in [7, 11) is 0. The van der Waals surface area contributed by atoms with Crippen LogP contribution in [0.5, 0.6) is 0 Å².